The molecule has 0 fully saturated rings. The van der Waals surface area contributed by atoms with Gasteiger partial charge in [-0.05, 0) is 38.8 Å². The molecule has 1 aromatic heterocycles. The maximum absolute atomic E-state index is 11.6. The molecule has 1 rings (SSSR count). The summed E-state index contributed by atoms with van der Waals surface area (Å²) in [7, 11) is 3.38. The molecule has 3 nitrogen and oxygen atoms in total. The van der Waals surface area contributed by atoms with Gasteiger partial charge in [0.25, 0.3) is 0 Å². The minimum atomic E-state index is -0.563. The second kappa shape index (κ2) is 5.46. The van der Waals surface area contributed by atoms with E-state index in [1.54, 1.807) is 11.3 Å². The summed E-state index contributed by atoms with van der Waals surface area (Å²) in [4.78, 5) is 14.9. The molecule has 0 bridgehead atoms. The van der Waals surface area contributed by atoms with Crippen molar-refractivity contribution in [3.8, 4) is 0 Å². The van der Waals surface area contributed by atoms with Crippen LogP contribution in [0.5, 0.6) is 0 Å². The standard InChI is InChI=1S/C12H19NO2S/c1-12(2,11(14)15-4)13(3)8-7-10-6-5-9-16-10/h5-6,9H,7-8H2,1-4H3. The van der Waals surface area contributed by atoms with Gasteiger partial charge in [-0.3, -0.25) is 9.69 Å². The fourth-order valence-electron chi connectivity index (χ4n) is 1.42. The molecule has 1 heterocycles. The fraction of sp³-hybridized carbons (Fsp3) is 0.583. The number of carbonyl (C=O) groups is 1. The number of ether oxygens (including phenoxy) is 1. The van der Waals surface area contributed by atoms with E-state index in [9.17, 15) is 4.79 Å². The smallest absolute Gasteiger partial charge is 0.325 e. The third-order valence-corrected chi connectivity index (χ3v) is 3.85. The van der Waals surface area contributed by atoms with Crippen LogP contribution in [0, 0.1) is 0 Å². The summed E-state index contributed by atoms with van der Waals surface area (Å²) in [5.41, 5.74) is -0.563. The van der Waals surface area contributed by atoms with Crippen molar-refractivity contribution < 1.29 is 9.53 Å². The largest absolute Gasteiger partial charge is 0.468 e. The van der Waals surface area contributed by atoms with Crippen LogP contribution in [0.15, 0.2) is 17.5 Å². The first-order valence-electron chi connectivity index (χ1n) is 5.30. The van der Waals surface area contributed by atoms with Crippen molar-refractivity contribution in [2.75, 3.05) is 20.7 Å². The molecule has 16 heavy (non-hydrogen) atoms. The van der Waals surface area contributed by atoms with Crippen LogP contribution >= 0.6 is 11.3 Å². The molecule has 0 unspecified atom stereocenters. The summed E-state index contributed by atoms with van der Waals surface area (Å²) in [5, 5.41) is 2.07. The van der Waals surface area contributed by atoms with Gasteiger partial charge in [0.05, 0.1) is 7.11 Å². The Kier molecular flexibility index (Phi) is 4.50. The van der Waals surface area contributed by atoms with Gasteiger partial charge in [-0.15, -0.1) is 11.3 Å². The molecule has 0 aromatic carbocycles. The fourth-order valence-corrected chi connectivity index (χ4v) is 2.12. The van der Waals surface area contributed by atoms with Gasteiger partial charge in [-0.1, -0.05) is 6.07 Å². The lowest BCUT2D eigenvalue weighted by Gasteiger charge is -2.32. The Morgan fingerprint density at radius 3 is 2.75 bits per heavy atom. The van der Waals surface area contributed by atoms with Crippen LogP contribution in [0.4, 0.5) is 0 Å². The summed E-state index contributed by atoms with van der Waals surface area (Å²) < 4.78 is 4.80. The number of rotatable bonds is 5. The molecular weight excluding hydrogens is 222 g/mol. The predicted octanol–water partition coefficient (Wildman–Crippen LogP) is 2.17. The highest BCUT2D eigenvalue weighted by atomic mass is 32.1. The van der Waals surface area contributed by atoms with E-state index in [0.717, 1.165) is 13.0 Å². The van der Waals surface area contributed by atoms with Crippen molar-refractivity contribution in [3.63, 3.8) is 0 Å². The second-order valence-corrected chi connectivity index (χ2v) is 5.33. The highest BCUT2D eigenvalue weighted by molar-refractivity contribution is 7.09. The molecule has 4 heteroatoms. The zero-order valence-electron chi connectivity index (χ0n) is 10.3. The average Bonchev–Trinajstić information content (AvgIpc) is 2.77. The minimum Gasteiger partial charge on any atom is -0.468 e. The first-order valence-corrected chi connectivity index (χ1v) is 6.18. The Morgan fingerprint density at radius 1 is 1.56 bits per heavy atom. The van der Waals surface area contributed by atoms with E-state index in [2.05, 4.69) is 11.4 Å². The number of likely N-dealkylation sites (N-methyl/N-ethyl adjacent to an activating group) is 1. The molecule has 1 aromatic rings. The summed E-state index contributed by atoms with van der Waals surface area (Å²) in [6, 6.07) is 4.16. The number of esters is 1. The number of methoxy groups -OCH3 is 1. The average molecular weight is 241 g/mol. The zero-order chi connectivity index (χ0) is 12.2. The number of thiophene rings is 1. The van der Waals surface area contributed by atoms with Crippen molar-refractivity contribution in [1.29, 1.82) is 0 Å². The molecule has 0 atom stereocenters. The Hall–Kier alpha value is -0.870. The van der Waals surface area contributed by atoms with Crippen LogP contribution in [0.2, 0.25) is 0 Å². The molecule has 0 aliphatic heterocycles. The molecule has 0 amide bonds. The van der Waals surface area contributed by atoms with Crippen LogP contribution < -0.4 is 0 Å². The first kappa shape index (κ1) is 13.2. The molecule has 0 aliphatic carbocycles. The van der Waals surface area contributed by atoms with Gasteiger partial charge in [0.15, 0.2) is 0 Å². The van der Waals surface area contributed by atoms with E-state index in [-0.39, 0.29) is 5.97 Å². The van der Waals surface area contributed by atoms with E-state index in [0.29, 0.717) is 0 Å². The zero-order valence-corrected chi connectivity index (χ0v) is 11.1. The lowest BCUT2D eigenvalue weighted by atomic mass is 10.0. The first-order chi connectivity index (χ1) is 7.48. The number of hydrogen-bond donors (Lipinski definition) is 0. The van der Waals surface area contributed by atoms with Gasteiger partial charge >= 0.3 is 5.97 Å². The molecule has 0 radical (unpaired) electrons. The van der Waals surface area contributed by atoms with Crippen molar-refractivity contribution in [2.24, 2.45) is 0 Å². The van der Waals surface area contributed by atoms with Crippen molar-refractivity contribution in [2.45, 2.75) is 25.8 Å². The van der Waals surface area contributed by atoms with E-state index in [4.69, 9.17) is 4.74 Å². The number of hydrogen-bond acceptors (Lipinski definition) is 4. The normalized spacial score (nSPS) is 11.8. The number of nitrogens with zero attached hydrogens (tertiary/aromatic N) is 1. The molecule has 0 aliphatic rings. The van der Waals surface area contributed by atoms with Crippen LogP contribution in [0.1, 0.15) is 18.7 Å². The lowest BCUT2D eigenvalue weighted by Crippen LogP contribution is -2.49. The Balaban J connectivity index is 2.51. The summed E-state index contributed by atoms with van der Waals surface area (Å²) >= 11 is 1.75. The molecule has 0 saturated heterocycles. The minimum absolute atomic E-state index is 0.193. The van der Waals surface area contributed by atoms with E-state index < -0.39 is 5.54 Å². The highest BCUT2D eigenvalue weighted by Crippen LogP contribution is 2.16. The van der Waals surface area contributed by atoms with E-state index >= 15 is 0 Å². The predicted molar refractivity (Wildman–Crippen MR) is 66.7 cm³/mol. The van der Waals surface area contributed by atoms with Crippen molar-refractivity contribution in [1.82, 2.24) is 4.90 Å². The quantitative estimate of drug-likeness (QED) is 0.740. The third-order valence-electron chi connectivity index (χ3n) is 2.91. The van der Waals surface area contributed by atoms with Gasteiger partial charge in [0, 0.05) is 11.4 Å². The van der Waals surface area contributed by atoms with Crippen molar-refractivity contribution in [3.05, 3.63) is 22.4 Å². The molecule has 90 valence electrons. The third kappa shape index (κ3) is 3.06. The van der Waals surface area contributed by atoms with Gasteiger partial charge < -0.3 is 4.74 Å². The maximum atomic E-state index is 11.6. The van der Waals surface area contributed by atoms with Crippen LogP contribution in [-0.2, 0) is 16.0 Å². The van der Waals surface area contributed by atoms with Crippen LogP contribution in [0.25, 0.3) is 0 Å². The van der Waals surface area contributed by atoms with Crippen molar-refractivity contribution >= 4 is 17.3 Å². The van der Waals surface area contributed by atoms with E-state index in [1.807, 2.05) is 31.9 Å². The maximum Gasteiger partial charge on any atom is 0.325 e. The SMILES string of the molecule is COC(=O)C(C)(C)N(C)CCc1cccs1. The molecule has 0 saturated carbocycles. The summed E-state index contributed by atoms with van der Waals surface area (Å²) in [5.74, 6) is -0.193. The van der Waals surface area contributed by atoms with E-state index in [1.165, 1.54) is 12.0 Å². The topological polar surface area (TPSA) is 29.5 Å². The highest BCUT2D eigenvalue weighted by Gasteiger charge is 2.32. The summed E-state index contributed by atoms with van der Waals surface area (Å²) in [6.45, 7) is 4.61. The monoisotopic (exact) mass is 241 g/mol. The Morgan fingerprint density at radius 2 is 2.25 bits per heavy atom. The molecule has 0 spiro atoms. The Bertz CT molecular complexity index is 333. The molecule has 0 N–H and O–H groups in total. The van der Waals surface area contributed by atoms with Gasteiger partial charge in [0.2, 0.25) is 0 Å². The molecular formula is C12H19NO2S. The van der Waals surface area contributed by atoms with Crippen LogP contribution in [-0.4, -0.2) is 37.1 Å². The second-order valence-electron chi connectivity index (χ2n) is 4.30. The van der Waals surface area contributed by atoms with Gasteiger partial charge in [-0.25, -0.2) is 0 Å². The summed E-state index contributed by atoms with van der Waals surface area (Å²) in [6.07, 6.45) is 0.967. The van der Waals surface area contributed by atoms with Gasteiger partial charge in [-0.2, -0.15) is 0 Å². The lowest BCUT2D eigenvalue weighted by molar-refractivity contribution is -0.152. The number of carbonyl (C=O) groups excluding carboxylic acids is 1. The Labute approximate surface area is 101 Å². The van der Waals surface area contributed by atoms with Gasteiger partial charge in [0.1, 0.15) is 5.54 Å². The van der Waals surface area contributed by atoms with Crippen LogP contribution in [0.3, 0.4) is 0 Å².